The van der Waals surface area contributed by atoms with E-state index in [4.69, 9.17) is 18.6 Å². The lowest BCUT2D eigenvalue weighted by atomic mass is 10.0. The van der Waals surface area contributed by atoms with Gasteiger partial charge in [-0.05, 0) is 53.9 Å². The lowest BCUT2D eigenvalue weighted by Crippen LogP contribution is -2.67. The van der Waals surface area contributed by atoms with Crippen molar-refractivity contribution in [2.75, 3.05) is 13.2 Å². The topological polar surface area (TPSA) is 63.8 Å². The fraction of sp³-hybridized carbons (Fsp3) is 0.600. The van der Waals surface area contributed by atoms with Gasteiger partial charge in [-0.1, -0.05) is 81.4 Å². The van der Waals surface area contributed by atoms with Crippen LogP contribution in [0.5, 0.6) is 0 Å². The third-order valence-electron chi connectivity index (χ3n) is 8.08. The summed E-state index contributed by atoms with van der Waals surface area (Å²) in [7, 11) is -2.58. The highest BCUT2D eigenvalue weighted by molar-refractivity contribution is 6.99. The number of rotatable bonds is 12. The number of aliphatic hydroxyl groups is 1. The Kier molecular flexibility index (Phi) is 8.01. The van der Waals surface area contributed by atoms with Gasteiger partial charge in [-0.25, -0.2) is 0 Å². The van der Waals surface area contributed by atoms with Gasteiger partial charge in [-0.15, -0.1) is 0 Å². The van der Waals surface area contributed by atoms with Crippen LogP contribution in [0.1, 0.15) is 59.3 Å². The Morgan fingerprint density at radius 3 is 2.06 bits per heavy atom. The standard InChI is InChI=1S/C30H42O5Si/c1-30(2,3)36(24-10-6-4-7-11-24,25-12-8-5-9-13-25)33-21-23-15-17-27(34-23)26(31)16-19-29-28(35-29)18-14-22-20-32-22/h4-13,22-23,26-29,31H,14-21H2,1-3H3/t22-,23+,26-,27+,28+,29-/m1/s1. The van der Waals surface area contributed by atoms with Crippen LogP contribution < -0.4 is 10.4 Å². The van der Waals surface area contributed by atoms with Gasteiger partial charge in [0.2, 0.25) is 0 Å². The van der Waals surface area contributed by atoms with Gasteiger partial charge in [0, 0.05) is 0 Å². The van der Waals surface area contributed by atoms with Crippen molar-refractivity contribution in [1.29, 1.82) is 0 Å². The van der Waals surface area contributed by atoms with E-state index < -0.39 is 14.4 Å². The van der Waals surface area contributed by atoms with E-state index in [1.807, 2.05) is 0 Å². The lowest BCUT2D eigenvalue weighted by Gasteiger charge is -2.43. The summed E-state index contributed by atoms with van der Waals surface area (Å²) in [5.41, 5.74) is 0. The van der Waals surface area contributed by atoms with Crippen LogP contribution in [-0.2, 0) is 18.6 Å². The Bertz CT molecular complexity index is 919. The molecule has 5 rings (SSSR count). The van der Waals surface area contributed by atoms with Crippen LogP contribution in [0.4, 0.5) is 0 Å². The summed E-state index contributed by atoms with van der Waals surface area (Å²) < 4.78 is 24.5. The van der Waals surface area contributed by atoms with Gasteiger partial charge in [0.15, 0.2) is 0 Å². The van der Waals surface area contributed by atoms with Crippen LogP contribution in [-0.4, -0.2) is 63.3 Å². The van der Waals surface area contributed by atoms with Crippen molar-refractivity contribution in [2.45, 2.75) is 101 Å². The first kappa shape index (κ1) is 26.1. The second-order valence-electron chi connectivity index (χ2n) is 11.7. The van der Waals surface area contributed by atoms with E-state index in [0.717, 1.165) is 45.1 Å². The van der Waals surface area contributed by atoms with Gasteiger partial charge in [0.05, 0.1) is 49.8 Å². The van der Waals surface area contributed by atoms with E-state index in [1.54, 1.807) is 0 Å². The molecule has 3 heterocycles. The molecule has 0 aliphatic carbocycles. The number of epoxide rings is 2. The number of ether oxygens (including phenoxy) is 3. The van der Waals surface area contributed by atoms with Crippen molar-refractivity contribution in [3.8, 4) is 0 Å². The lowest BCUT2D eigenvalue weighted by molar-refractivity contribution is -0.0499. The first-order valence-electron chi connectivity index (χ1n) is 13.7. The molecule has 196 valence electrons. The molecule has 3 fully saturated rings. The zero-order valence-corrected chi connectivity index (χ0v) is 23.0. The summed E-state index contributed by atoms with van der Waals surface area (Å²) in [6.45, 7) is 8.36. The molecule has 0 saturated carbocycles. The molecule has 5 nitrogen and oxygen atoms in total. The predicted octanol–water partition coefficient (Wildman–Crippen LogP) is 4.20. The van der Waals surface area contributed by atoms with Gasteiger partial charge < -0.3 is 23.7 Å². The van der Waals surface area contributed by atoms with Crippen LogP contribution >= 0.6 is 0 Å². The van der Waals surface area contributed by atoms with Crippen LogP contribution in [0.2, 0.25) is 5.04 Å². The second-order valence-corrected chi connectivity index (χ2v) is 16.0. The van der Waals surface area contributed by atoms with Crippen LogP contribution in [0.3, 0.4) is 0 Å². The summed E-state index contributed by atoms with van der Waals surface area (Å²) in [6.07, 6.45) is 6.18. The highest BCUT2D eigenvalue weighted by Gasteiger charge is 2.50. The quantitative estimate of drug-likeness (QED) is 0.343. The number of hydrogen-bond donors (Lipinski definition) is 1. The minimum absolute atomic E-state index is 0.00904. The highest BCUT2D eigenvalue weighted by Crippen LogP contribution is 2.38. The molecule has 6 heteroatoms. The van der Waals surface area contributed by atoms with Crippen molar-refractivity contribution >= 4 is 18.7 Å². The summed E-state index contributed by atoms with van der Waals surface area (Å²) in [5, 5.41) is 13.3. The average molecular weight is 511 g/mol. The Morgan fingerprint density at radius 1 is 0.861 bits per heavy atom. The molecule has 0 aromatic heterocycles. The number of benzene rings is 2. The SMILES string of the molecule is CC(C)(C)[Si](OC[C@@H]1CC[C@@H]([C@H](O)CC[C@H]2O[C@H]2CC[C@@H]2CO2)O1)(c1ccccc1)c1ccccc1. The fourth-order valence-corrected chi connectivity index (χ4v) is 10.5. The van der Waals surface area contributed by atoms with Crippen LogP contribution in [0, 0.1) is 0 Å². The monoisotopic (exact) mass is 510 g/mol. The number of hydrogen-bond acceptors (Lipinski definition) is 5. The molecule has 2 aromatic rings. The molecule has 3 aliphatic heterocycles. The maximum atomic E-state index is 10.8. The van der Waals surface area contributed by atoms with E-state index in [2.05, 4.69) is 81.4 Å². The fourth-order valence-electron chi connectivity index (χ4n) is 5.91. The minimum atomic E-state index is -2.58. The Labute approximate surface area is 217 Å². The molecular weight excluding hydrogens is 468 g/mol. The summed E-state index contributed by atoms with van der Waals surface area (Å²) >= 11 is 0. The Hall–Kier alpha value is -1.54. The summed E-state index contributed by atoms with van der Waals surface area (Å²) in [5.74, 6) is 0. The third kappa shape index (κ3) is 5.95. The molecule has 0 spiro atoms. The first-order valence-corrected chi connectivity index (χ1v) is 15.6. The van der Waals surface area contributed by atoms with Crippen molar-refractivity contribution in [3.63, 3.8) is 0 Å². The van der Waals surface area contributed by atoms with Crippen molar-refractivity contribution in [2.24, 2.45) is 0 Å². The van der Waals surface area contributed by atoms with E-state index in [1.165, 1.54) is 10.4 Å². The zero-order valence-electron chi connectivity index (χ0n) is 22.0. The molecule has 0 radical (unpaired) electrons. The van der Waals surface area contributed by atoms with E-state index >= 15 is 0 Å². The van der Waals surface area contributed by atoms with Gasteiger partial charge in [0.1, 0.15) is 0 Å². The van der Waals surface area contributed by atoms with Crippen LogP contribution in [0.25, 0.3) is 0 Å². The Morgan fingerprint density at radius 2 is 1.47 bits per heavy atom. The van der Waals surface area contributed by atoms with Crippen molar-refractivity contribution in [1.82, 2.24) is 0 Å². The van der Waals surface area contributed by atoms with Crippen LogP contribution in [0.15, 0.2) is 60.7 Å². The molecule has 0 unspecified atom stereocenters. The smallest absolute Gasteiger partial charge is 0.261 e. The molecule has 1 N–H and O–H groups in total. The maximum absolute atomic E-state index is 10.8. The molecule has 0 bridgehead atoms. The molecule has 2 aromatic carbocycles. The van der Waals surface area contributed by atoms with E-state index in [-0.39, 0.29) is 17.2 Å². The molecule has 3 saturated heterocycles. The summed E-state index contributed by atoms with van der Waals surface area (Å²) in [4.78, 5) is 0. The normalized spacial score (nSPS) is 28.7. The molecule has 0 amide bonds. The summed E-state index contributed by atoms with van der Waals surface area (Å²) in [6, 6.07) is 21.5. The van der Waals surface area contributed by atoms with E-state index in [9.17, 15) is 5.11 Å². The number of aliphatic hydroxyl groups excluding tert-OH is 1. The first-order chi connectivity index (χ1) is 17.4. The molecule has 36 heavy (non-hydrogen) atoms. The van der Waals surface area contributed by atoms with Gasteiger partial charge in [0.25, 0.3) is 8.32 Å². The largest absolute Gasteiger partial charge is 0.405 e. The van der Waals surface area contributed by atoms with Gasteiger partial charge in [-0.2, -0.15) is 0 Å². The molecular formula is C30H42O5Si. The average Bonchev–Trinajstić information content (AvgIpc) is 3.80. The molecule has 3 aliphatic rings. The minimum Gasteiger partial charge on any atom is -0.405 e. The highest BCUT2D eigenvalue weighted by atomic mass is 28.4. The van der Waals surface area contributed by atoms with Crippen molar-refractivity contribution < 1.29 is 23.7 Å². The maximum Gasteiger partial charge on any atom is 0.261 e. The zero-order chi connectivity index (χ0) is 25.2. The van der Waals surface area contributed by atoms with Gasteiger partial charge in [-0.3, -0.25) is 0 Å². The third-order valence-corrected chi connectivity index (χ3v) is 13.1. The molecule has 6 atom stereocenters. The second kappa shape index (κ2) is 11.1. The Balaban J connectivity index is 1.18. The van der Waals surface area contributed by atoms with E-state index in [0.29, 0.717) is 24.9 Å². The predicted molar refractivity (Wildman–Crippen MR) is 144 cm³/mol. The van der Waals surface area contributed by atoms with Gasteiger partial charge >= 0.3 is 0 Å². The van der Waals surface area contributed by atoms with Crippen molar-refractivity contribution in [3.05, 3.63) is 60.7 Å².